The molecular weight excluding hydrogens is 352 g/mol. The van der Waals surface area contributed by atoms with Crippen molar-refractivity contribution in [2.45, 2.75) is 75.5 Å². The van der Waals surface area contributed by atoms with Crippen molar-refractivity contribution in [2.75, 3.05) is 0 Å². The van der Waals surface area contributed by atoms with Crippen LogP contribution in [0.25, 0.3) is 0 Å². The van der Waals surface area contributed by atoms with E-state index in [9.17, 15) is 20.0 Å². The SMILES string of the molecule is CC(C)(C[C@H]1[C@H](O)C[C@H](c2ccncc2[N+](=O)[O-])OC12CC2)[Si](C)(C)O. The van der Waals surface area contributed by atoms with Crippen LogP contribution in [0, 0.1) is 16.0 Å². The number of hydrogen-bond donors (Lipinski definition) is 2. The second kappa shape index (κ2) is 6.37. The van der Waals surface area contributed by atoms with Crippen molar-refractivity contribution in [1.82, 2.24) is 4.98 Å². The number of nitrogens with zero attached hydrogens (tertiary/aromatic N) is 2. The third kappa shape index (κ3) is 3.43. The topological polar surface area (TPSA) is 106 Å². The molecule has 8 heteroatoms. The van der Waals surface area contributed by atoms with Crippen molar-refractivity contribution >= 4 is 14.0 Å². The Labute approximate surface area is 154 Å². The van der Waals surface area contributed by atoms with Gasteiger partial charge < -0.3 is 14.6 Å². The molecule has 2 fully saturated rings. The third-order valence-electron chi connectivity index (χ3n) is 6.48. The summed E-state index contributed by atoms with van der Waals surface area (Å²) in [6.45, 7) is 7.96. The molecule has 1 spiro atoms. The maximum absolute atomic E-state index is 11.3. The molecule has 3 atom stereocenters. The summed E-state index contributed by atoms with van der Waals surface area (Å²) in [7, 11) is -2.40. The van der Waals surface area contributed by atoms with E-state index in [1.54, 1.807) is 6.07 Å². The lowest BCUT2D eigenvalue weighted by atomic mass is 9.79. The minimum absolute atomic E-state index is 0.0615. The molecule has 2 aliphatic rings. The minimum atomic E-state index is -2.40. The van der Waals surface area contributed by atoms with Crippen molar-refractivity contribution in [2.24, 2.45) is 5.92 Å². The highest BCUT2D eigenvalue weighted by molar-refractivity contribution is 6.72. The highest BCUT2D eigenvalue weighted by atomic mass is 28.4. The van der Waals surface area contributed by atoms with E-state index in [0.717, 1.165) is 12.8 Å². The lowest BCUT2D eigenvalue weighted by molar-refractivity contribution is -0.386. The quantitative estimate of drug-likeness (QED) is 0.461. The van der Waals surface area contributed by atoms with Crippen LogP contribution in [0.3, 0.4) is 0 Å². The van der Waals surface area contributed by atoms with Crippen molar-refractivity contribution in [3.63, 3.8) is 0 Å². The number of pyridine rings is 1. The molecule has 0 amide bonds. The average Bonchev–Trinajstić information content (AvgIpc) is 3.30. The molecule has 1 aliphatic heterocycles. The van der Waals surface area contributed by atoms with Crippen molar-refractivity contribution in [3.05, 3.63) is 34.1 Å². The fourth-order valence-corrected chi connectivity index (χ4v) is 4.62. The predicted molar refractivity (Wildman–Crippen MR) is 99.2 cm³/mol. The summed E-state index contributed by atoms with van der Waals surface area (Å²) < 4.78 is 6.34. The van der Waals surface area contributed by atoms with E-state index >= 15 is 0 Å². The van der Waals surface area contributed by atoms with Gasteiger partial charge in [-0.15, -0.1) is 0 Å². The van der Waals surface area contributed by atoms with E-state index in [4.69, 9.17) is 4.74 Å². The summed E-state index contributed by atoms with van der Waals surface area (Å²) in [6, 6.07) is 1.61. The van der Waals surface area contributed by atoms with E-state index in [1.165, 1.54) is 12.4 Å². The standard InChI is InChI=1S/C18H28N2O5Si/c1-17(2,26(3,4)24)10-13-15(21)9-16(25-18(13)6-7-18)12-5-8-19-11-14(12)20(22)23/h5,8,11,13,15-16,21,24H,6-7,9-10H2,1-4H3/t13-,15+,16+/m0/s1. The number of hydrogen-bond acceptors (Lipinski definition) is 6. The summed E-state index contributed by atoms with van der Waals surface area (Å²) in [4.78, 5) is 25.3. The Bertz CT molecular complexity index is 699. The van der Waals surface area contributed by atoms with E-state index in [2.05, 4.69) is 18.8 Å². The molecule has 7 nitrogen and oxygen atoms in total. The number of nitro groups is 1. The largest absolute Gasteiger partial charge is 0.432 e. The first-order valence-electron chi connectivity index (χ1n) is 9.13. The average molecular weight is 381 g/mol. The van der Waals surface area contributed by atoms with Gasteiger partial charge in [0.25, 0.3) is 5.69 Å². The number of ether oxygens (including phenoxy) is 1. The van der Waals surface area contributed by atoms with Crippen molar-refractivity contribution in [1.29, 1.82) is 0 Å². The van der Waals surface area contributed by atoms with Gasteiger partial charge in [-0.2, -0.15) is 0 Å². The molecule has 0 unspecified atom stereocenters. The number of aromatic nitrogens is 1. The normalized spacial score (nSPS) is 28.2. The molecule has 0 radical (unpaired) electrons. The van der Waals surface area contributed by atoms with Crippen LogP contribution in [0.2, 0.25) is 18.1 Å². The molecule has 2 N–H and O–H groups in total. The molecular formula is C18H28N2O5Si. The third-order valence-corrected chi connectivity index (χ3v) is 9.99. The Morgan fingerprint density at radius 1 is 1.46 bits per heavy atom. The van der Waals surface area contributed by atoms with Gasteiger partial charge in [0.15, 0.2) is 8.32 Å². The zero-order valence-corrected chi connectivity index (χ0v) is 16.8. The summed E-state index contributed by atoms with van der Waals surface area (Å²) in [6.07, 6.45) is 4.33. The van der Waals surface area contributed by atoms with Crippen LogP contribution in [0.15, 0.2) is 18.5 Å². The first-order chi connectivity index (χ1) is 12.0. The maximum Gasteiger partial charge on any atom is 0.293 e. The van der Waals surface area contributed by atoms with Crippen molar-refractivity contribution < 1.29 is 19.6 Å². The van der Waals surface area contributed by atoms with Crippen LogP contribution in [0.1, 0.15) is 51.2 Å². The van der Waals surface area contributed by atoms with Gasteiger partial charge in [-0.25, -0.2) is 0 Å². The first kappa shape index (κ1) is 19.4. The summed E-state index contributed by atoms with van der Waals surface area (Å²) >= 11 is 0. The zero-order chi connectivity index (χ0) is 19.3. The van der Waals surface area contributed by atoms with E-state index < -0.39 is 31.0 Å². The van der Waals surface area contributed by atoms with Gasteiger partial charge in [0.1, 0.15) is 6.20 Å². The summed E-state index contributed by atoms with van der Waals surface area (Å²) in [5.74, 6) is -0.0615. The van der Waals surface area contributed by atoms with Crippen LogP contribution in [-0.2, 0) is 4.74 Å². The number of rotatable bonds is 5. The van der Waals surface area contributed by atoms with Crippen LogP contribution in [0.5, 0.6) is 0 Å². The van der Waals surface area contributed by atoms with Crippen LogP contribution < -0.4 is 0 Å². The molecule has 0 aromatic carbocycles. The van der Waals surface area contributed by atoms with E-state index in [1.807, 2.05) is 13.1 Å². The molecule has 1 saturated heterocycles. The fraction of sp³-hybridized carbons (Fsp3) is 0.722. The fourth-order valence-electron chi connectivity index (χ4n) is 3.90. The highest BCUT2D eigenvalue weighted by Gasteiger charge is 2.60. The van der Waals surface area contributed by atoms with Gasteiger partial charge >= 0.3 is 0 Å². The Morgan fingerprint density at radius 3 is 2.65 bits per heavy atom. The molecule has 26 heavy (non-hydrogen) atoms. The van der Waals surface area contributed by atoms with Gasteiger partial charge in [0, 0.05) is 18.5 Å². The molecule has 144 valence electrons. The molecule has 2 heterocycles. The lowest BCUT2D eigenvalue weighted by Gasteiger charge is -2.46. The van der Waals surface area contributed by atoms with Crippen LogP contribution in [-0.4, -0.2) is 39.8 Å². The summed E-state index contributed by atoms with van der Waals surface area (Å²) in [5, 5.41) is 22.0. The summed E-state index contributed by atoms with van der Waals surface area (Å²) in [5.41, 5.74) is -0.0239. The number of aliphatic hydroxyl groups is 1. The Balaban J connectivity index is 1.85. The maximum atomic E-state index is 11.3. The van der Waals surface area contributed by atoms with Gasteiger partial charge in [-0.05, 0) is 43.5 Å². The number of aliphatic hydroxyl groups excluding tert-OH is 1. The van der Waals surface area contributed by atoms with E-state index in [-0.39, 0.29) is 16.6 Å². The van der Waals surface area contributed by atoms with E-state index in [0.29, 0.717) is 18.4 Å². The predicted octanol–water partition coefficient (Wildman–Crippen LogP) is 3.33. The monoisotopic (exact) mass is 380 g/mol. The molecule has 1 saturated carbocycles. The van der Waals surface area contributed by atoms with Crippen LogP contribution in [0.4, 0.5) is 5.69 Å². The molecule has 0 bridgehead atoms. The van der Waals surface area contributed by atoms with Gasteiger partial charge in [-0.3, -0.25) is 15.1 Å². The Hall–Kier alpha value is -1.35. The van der Waals surface area contributed by atoms with Gasteiger partial charge in [0.05, 0.1) is 28.3 Å². The molecule has 1 aromatic heterocycles. The van der Waals surface area contributed by atoms with Crippen molar-refractivity contribution in [3.8, 4) is 0 Å². The Morgan fingerprint density at radius 2 is 2.12 bits per heavy atom. The molecule has 1 aromatic rings. The lowest BCUT2D eigenvalue weighted by Crippen LogP contribution is -2.48. The Kier molecular flexibility index (Phi) is 4.75. The first-order valence-corrected chi connectivity index (χ1v) is 12.1. The zero-order valence-electron chi connectivity index (χ0n) is 15.8. The second-order valence-electron chi connectivity index (χ2n) is 8.92. The molecule has 3 rings (SSSR count). The van der Waals surface area contributed by atoms with Gasteiger partial charge in [0.2, 0.25) is 0 Å². The van der Waals surface area contributed by atoms with Gasteiger partial charge in [-0.1, -0.05) is 13.8 Å². The smallest absolute Gasteiger partial charge is 0.293 e. The second-order valence-corrected chi connectivity index (χ2v) is 13.4. The van der Waals surface area contributed by atoms with Crippen LogP contribution >= 0.6 is 0 Å². The highest BCUT2D eigenvalue weighted by Crippen LogP contribution is 2.59. The molecule has 1 aliphatic carbocycles. The minimum Gasteiger partial charge on any atom is -0.432 e.